The third kappa shape index (κ3) is 1.35. The lowest BCUT2D eigenvalue weighted by atomic mass is 10.2. The number of nitrogens with one attached hydrogen (secondary N) is 1. The number of H-pyrrole nitrogens is 1. The molecule has 1 aromatic carbocycles. The molecular formula is C9H6BrF2N. The summed E-state index contributed by atoms with van der Waals surface area (Å²) in [7, 11) is 0. The first-order chi connectivity index (χ1) is 6.20. The maximum atomic E-state index is 12.5. The number of halogens is 3. The van der Waals surface area contributed by atoms with Crippen LogP contribution in [-0.2, 0) is 0 Å². The van der Waals surface area contributed by atoms with E-state index in [1.165, 1.54) is 6.20 Å². The first-order valence-corrected chi connectivity index (χ1v) is 4.53. The molecule has 2 rings (SSSR count). The molecular weight excluding hydrogens is 240 g/mol. The summed E-state index contributed by atoms with van der Waals surface area (Å²) in [6.45, 7) is 0. The van der Waals surface area contributed by atoms with E-state index in [2.05, 4.69) is 20.9 Å². The Labute approximate surface area is 81.9 Å². The molecule has 0 unspecified atom stereocenters. The maximum Gasteiger partial charge on any atom is 0.265 e. The van der Waals surface area contributed by atoms with Crippen molar-refractivity contribution in [2.45, 2.75) is 6.43 Å². The molecule has 0 bridgehead atoms. The summed E-state index contributed by atoms with van der Waals surface area (Å²) >= 11 is 3.24. The van der Waals surface area contributed by atoms with Gasteiger partial charge in [0, 0.05) is 27.1 Å². The fraction of sp³-hybridized carbons (Fsp3) is 0.111. The lowest BCUT2D eigenvalue weighted by molar-refractivity contribution is 0.153. The Bertz CT molecular complexity index is 436. The van der Waals surface area contributed by atoms with Crippen LogP contribution in [0, 0.1) is 0 Å². The molecule has 1 aromatic heterocycles. The van der Waals surface area contributed by atoms with E-state index in [0.29, 0.717) is 9.86 Å². The summed E-state index contributed by atoms with van der Waals surface area (Å²) in [5, 5.41) is 0.567. The van der Waals surface area contributed by atoms with Crippen molar-refractivity contribution in [3.05, 3.63) is 34.4 Å². The Kier molecular flexibility index (Phi) is 2.07. The van der Waals surface area contributed by atoms with Crippen molar-refractivity contribution in [1.29, 1.82) is 0 Å². The highest BCUT2D eigenvalue weighted by molar-refractivity contribution is 9.10. The third-order valence-corrected chi connectivity index (χ3v) is 2.58. The van der Waals surface area contributed by atoms with Gasteiger partial charge in [-0.25, -0.2) is 8.78 Å². The lowest BCUT2D eigenvalue weighted by Crippen LogP contribution is -1.80. The SMILES string of the molecule is FC(F)c1c[nH]c2cccc(Br)c12. The van der Waals surface area contributed by atoms with Crippen molar-refractivity contribution in [3.63, 3.8) is 0 Å². The molecule has 4 heteroatoms. The Morgan fingerprint density at radius 2 is 2.08 bits per heavy atom. The highest BCUT2D eigenvalue weighted by atomic mass is 79.9. The number of hydrogen-bond acceptors (Lipinski definition) is 0. The van der Waals surface area contributed by atoms with Crippen LogP contribution >= 0.6 is 15.9 Å². The predicted molar refractivity (Wildman–Crippen MR) is 51.0 cm³/mol. The van der Waals surface area contributed by atoms with Crippen LogP contribution in [0.15, 0.2) is 28.9 Å². The van der Waals surface area contributed by atoms with Gasteiger partial charge in [-0.2, -0.15) is 0 Å². The zero-order valence-corrected chi connectivity index (χ0v) is 8.11. The van der Waals surface area contributed by atoms with Gasteiger partial charge in [0.25, 0.3) is 6.43 Å². The fourth-order valence-corrected chi connectivity index (χ4v) is 1.93. The average molecular weight is 246 g/mol. The number of alkyl halides is 2. The van der Waals surface area contributed by atoms with Crippen molar-refractivity contribution < 1.29 is 8.78 Å². The van der Waals surface area contributed by atoms with Gasteiger partial charge in [0.1, 0.15) is 0 Å². The smallest absolute Gasteiger partial charge is 0.265 e. The summed E-state index contributed by atoms with van der Waals surface area (Å²) in [5.41, 5.74) is 0.771. The number of benzene rings is 1. The average Bonchev–Trinajstić information content (AvgIpc) is 2.49. The second-order valence-electron chi connectivity index (χ2n) is 2.71. The summed E-state index contributed by atoms with van der Waals surface area (Å²) in [6.07, 6.45) is -1.09. The van der Waals surface area contributed by atoms with Gasteiger partial charge in [0.15, 0.2) is 0 Å². The van der Waals surface area contributed by atoms with Crippen LogP contribution in [0.1, 0.15) is 12.0 Å². The van der Waals surface area contributed by atoms with Crippen molar-refractivity contribution >= 4 is 26.8 Å². The molecule has 0 radical (unpaired) electrons. The molecule has 0 saturated carbocycles. The second-order valence-corrected chi connectivity index (χ2v) is 3.56. The number of fused-ring (bicyclic) bond motifs is 1. The molecule has 0 atom stereocenters. The minimum absolute atomic E-state index is 0.0440. The number of rotatable bonds is 1. The molecule has 0 spiro atoms. The van der Waals surface area contributed by atoms with E-state index >= 15 is 0 Å². The Morgan fingerprint density at radius 3 is 2.77 bits per heavy atom. The van der Waals surface area contributed by atoms with Gasteiger partial charge in [0.2, 0.25) is 0 Å². The van der Waals surface area contributed by atoms with Crippen LogP contribution in [0.5, 0.6) is 0 Å². The molecule has 0 amide bonds. The predicted octanol–water partition coefficient (Wildman–Crippen LogP) is 3.87. The topological polar surface area (TPSA) is 15.8 Å². The fourth-order valence-electron chi connectivity index (χ4n) is 1.34. The van der Waals surface area contributed by atoms with E-state index in [1.807, 2.05) is 0 Å². The molecule has 1 heterocycles. The minimum Gasteiger partial charge on any atom is -0.361 e. The van der Waals surface area contributed by atoms with Gasteiger partial charge in [0.05, 0.1) is 0 Å². The maximum absolute atomic E-state index is 12.5. The Balaban J connectivity index is 2.79. The number of hydrogen-bond donors (Lipinski definition) is 1. The van der Waals surface area contributed by atoms with E-state index in [0.717, 1.165) is 5.52 Å². The van der Waals surface area contributed by atoms with Crippen molar-refractivity contribution in [2.75, 3.05) is 0 Å². The van der Waals surface area contributed by atoms with E-state index in [1.54, 1.807) is 18.2 Å². The standard InChI is InChI=1S/C9H6BrF2N/c10-6-2-1-3-7-8(6)5(4-13-7)9(11)12/h1-4,9,13H. The van der Waals surface area contributed by atoms with Crippen molar-refractivity contribution in [2.24, 2.45) is 0 Å². The summed E-state index contributed by atoms with van der Waals surface area (Å²) in [5.74, 6) is 0. The van der Waals surface area contributed by atoms with E-state index in [4.69, 9.17) is 0 Å². The molecule has 2 aromatic rings. The van der Waals surface area contributed by atoms with Gasteiger partial charge in [-0.05, 0) is 12.1 Å². The number of aromatic nitrogens is 1. The zero-order chi connectivity index (χ0) is 9.42. The van der Waals surface area contributed by atoms with Gasteiger partial charge in [-0.15, -0.1) is 0 Å². The van der Waals surface area contributed by atoms with Crippen LogP contribution in [0.4, 0.5) is 8.78 Å². The minimum atomic E-state index is -2.44. The third-order valence-electron chi connectivity index (χ3n) is 1.92. The molecule has 0 aliphatic heterocycles. The van der Waals surface area contributed by atoms with E-state index < -0.39 is 6.43 Å². The quantitative estimate of drug-likeness (QED) is 0.786. The molecule has 1 nitrogen and oxygen atoms in total. The van der Waals surface area contributed by atoms with E-state index in [-0.39, 0.29) is 5.56 Å². The van der Waals surface area contributed by atoms with E-state index in [9.17, 15) is 8.78 Å². The highest BCUT2D eigenvalue weighted by Gasteiger charge is 2.14. The van der Waals surface area contributed by atoms with Crippen LogP contribution < -0.4 is 0 Å². The Morgan fingerprint density at radius 1 is 1.31 bits per heavy atom. The van der Waals surface area contributed by atoms with Gasteiger partial charge in [-0.3, -0.25) is 0 Å². The molecule has 0 fully saturated rings. The molecule has 13 heavy (non-hydrogen) atoms. The van der Waals surface area contributed by atoms with Crippen LogP contribution in [-0.4, -0.2) is 4.98 Å². The van der Waals surface area contributed by atoms with Crippen molar-refractivity contribution in [3.8, 4) is 0 Å². The molecule has 68 valence electrons. The first-order valence-electron chi connectivity index (χ1n) is 3.74. The summed E-state index contributed by atoms with van der Waals surface area (Å²) < 4.78 is 25.6. The van der Waals surface area contributed by atoms with Crippen LogP contribution in [0.25, 0.3) is 10.9 Å². The first kappa shape index (κ1) is 8.69. The van der Waals surface area contributed by atoms with Gasteiger partial charge in [-0.1, -0.05) is 22.0 Å². The van der Waals surface area contributed by atoms with Crippen LogP contribution in [0.2, 0.25) is 0 Å². The lowest BCUT2D eigenvalue weighted by Gasteiger charge is -1.98. The summed E-state index contributed by atoms with van der Waals surface area (Å²) in [4.78, 5) is 2.80. The molecule has 1 N–H and O–H groups in total. The number of aromatic amines is 1. The van der Waals surface area contributed by atoms with Gasteiger partial charge >= 0.3 is 0 Å². The largest absolute Gasteiger partial charge is 0.361 e. The zero-order valence-electron chi connectivity index (χ0n) is 6.52. The molecule has 0 aliphatic rings. The van der Waals surface area contributed by atoms with Crippen molar-refractivity contribution in [1.82, 2.24) is 4.98 Å². The molecule has 0 aliphatic carbocycles. The van der Waals surface area contributed by atoms with Gasteiger partial charge < -0.3 is 4.98 Å². The molecule has 0 saturated heterocycles. The second kappa shape index (κ2) is 3.10. The normalized spacial score (nSPS) is 11.4. The highest BCUT2D eigenvalue weighted by Crippen LogP contribution is 2.32. The monoisotopic (exact) mass is 245 g/mol. The Hall–Kier alpha value is -0.900. The summed E-state index contributed by atoms with van der Waals surface area (Å²) in [6, 6.07) is 5.33. The van der Waals surface area contributed by atoms with Crippen LogP contribution in [0.3, 0.4) is 0 Å².